The number of carboxylic acids is 1. The van der Waals surface area contributed by atoms with E-state index in [1.165, 1.54) is 31.9 Å². The van der Waals surface area contributed by atoms with Gasteiger partial charge < -0.3 is 10.0 Å². The number of hydrogen-bond donors (Lipinski definition) is 1. The van der Waals surface area contributed by atoms with Crippen LogP contribution in [0.5, 0.6) is 0 Å². The molecule has 2 saturated carbocycles. The number of pyridine rings is 1. The zero-order valence-corrected chi connectivity index (χ0v) is 11.1. The molecule has 2 aliphatic rings. The third-order valence-electron chi connectivity index (χ3n) is 3.58. The van der Waals surface area contributed by atoms with Gasteiger partial charge in [-0.05, 0) is 31.7 Å². The SMILES string of the molecule is O=C(O)c1cnc2nc(N(C3CC3)C3CC3)sc2c1. The highest BCUT2D eigenvalue weighted by atomic mass is 32.1. The van der Waals surface area contributed by atoms with Crippen LogP contribution in [0.1, 0.15) is 36.0 Å². The molecule has 6 heteroatoms. The van der Waals surface area contributed by atoms with E-state index in [4.69, 9.17) is 5.11 Å². The van der Waals surface area contributed by atoms with Crippen molar-refractivity contribution in [1.82, 2.24) is 9.97 Å². The molecule has 5 nitrogen and oxygen atoms in total. The average Bonchev–Trinajstić information content (AvgIpc) is 3.28. The lowest BCUT2D eigenvalue weighted by molar-refractivity contribution is 0.0696. The van der Waals surface area contributed by atoms with Crippen LogP contribution in [0, 0.1) is 0 Å². The summed E-state index contributed by atoms with van der Waals surface area (Å²) in [7, 11) is 0. The lowest BCUT2D eigenvalue weighted by Gasteiger charge is -2.20. The number of thiazole rings is 1. The molecule has 2 aromatic heterocycles. The van der Waals surface area contributed by atoms with Gasteiger partial charge in [-0.15, -0.1) is 0 Å². The molecule has 0 amide bonds. The predicted octanol–water partition coefficient (Wildman–Crippen LogP) is 2.52. The Kier molecular flexibility index (Phi) is 2.29. The number of carbonyl (C=O) groups is 1. The highest BCUT2D eigenvalue weighted by Crippen LogP contribution is 2.43. The molecular formula is C13H13N3O2S. The van der Waals surface area contributed by atoms with Crippen LogP contribution in [-0.2, 0) is 0 Å². The zero-order valence-electron chi connectivity index (χ0n) is 10.2. The van der Waals surface area contributed by atoms with E-state index in [1.807, 2.05) is 0 Å². The van der Waals surface area contributed by atoms with Crippen molar-refractivity contribution < 1.29 is 9.90 Å². The van der Waals surface area contributed by atoms with E-state index in [1.54, 1.807) is 17.4 Å². The van der Waals surface area contributed by atoms with Gasteiger partial charge in [0.2, 0.25) is 0 Å². The molecule has 0 spiro atoms. The molecule has 19 heavy (non-hydrogen) atoms. The third-order valence-corrected chi connectivity index (χ3v) is 4.59. The fourth-order valence-electron chi connectivity index (χ4n) is 2.35. The van der Waals surface area contributed by atoms with Gasteiger partial charge in [0, 0.05) is 18.3 Å². The number of hydrogen-bond acceptors (Lipinski definition) is 5. The van der Waals surface area contributed by atoms with Crippen LogP contribution in [0.25, 0.3) is 10.3 Å². The molecule has 0 radical (unpaired) electrons. The van der Waals surface area contributed by atoms with Crippen LogP contribution in [-0.4, -0.2) is 33.1 Å². The standard InChI is InChI=1S/C13H13N3O2S/c17-12(18)7-5-10-11(14-6-7)15-13(19-10)16(8-1-2-8)9-3-4-9/h5-6,8-9H,1-4H2,(H,17,18). The van der Waals surface area contributed by atoms with Crippen molar-refractivity contribution in [2.75, 3.05) is 4.90 Å². The summed E-state index contributed by atoms with van der Waals surface area (Å²) >= 11 is 1.56. The van der Waals surface area contributed by atoms with Gasteiger partial charge in [-0.25, -0.2) is 9.78 Å². The Hall–Kier alpha value is -1.69. The van der Waals surface area contributed by atoms with Gasteiger partial charge in [0.1, 0.15) is 0 Å². The third kappa shape index (κ3) is 1.96. The van der Waals surface area contributed by atoms with Gasteiger partial charge >= 0.3 is 5.97 Å². The molecule has 0 aromatic carbocycles. The number of rotatable bonds is 4. The molecule has 4 rings (SSSR count). The first kappa shape index (κ1) is 11.2. The second-order valence-electron chi connectivity index (χ2n) is 5.22. The van der Waals surface area contributed by atoms with Gasteiger partial charge in [0.15, 0.2) is 10.8 Å². The summed E-state index contributed by atoms with van der Waals surface area (Å²) in [6.07, 6.45) is 6.38. The molecule has 1 N–H and O–H groups in total. The first-order valence-corrected chi connectivity index (χ1v) is 7.32. The molecule has 2 heterocycles. The summed E-state index contributed by atoms with van der Waals surface area (Å²) in [5.74, 6) is -0.939. The Balaban J connectivity index is 1.76. The molecule has 0 unspecified atom stereocenters. The number of aromatic nitrogens is 2. The smallest absolute Gasteiger partial charge is 0.337 e. The Morgan fingerprint density at radius 1 is 1.32 bits per heavy atom. The van der Waals surface area contributed by atoms with Gasteiger partial charge in [-0.3, -0.25) is 0 Å². The number of anilines is 1. The maximum Gasteiger partial charge on any atom is 0.337 e. The summed E-state index contributed by atoms with van der Waals surface area (Å²) in [4.78, 5) is 22.1. The topological polar surface area (TPSA) is 66.3 Å². The Labute approximate surface area is 113 Å². The number of carboxylic acid groups (broad SMARTS) is 1. The van der Waals surface area contributed by atoms with Crippen LogP contribution < -0.4 is 4.90 Å². The fraction of sp³-hybridized carbons (Fsp3) is 0.462. The van der Waals surface area contributed by atoms with E-state index in [0.29, 0.717) is 17.7 Å². The van der Waals surface area contributed by atoms with Crippen molar-refractivity contribution in [3.8, 4) is 0 Å². The van der Waals surface area contributed by atoms with Crippen LogP contribution in [0.3, 0.4) is 0 Å². The van der Waals surface area contributed by atoms with E-state index >= 15 is 0 Å². The van der Waals surface area contributed by atoms with Crippen LogP contribution in [0.15, 0.2) is 12.3 Å². The Morgan fingerprint density at radius 3 is 2.58 bits per heavy atom. The number of aromatic carboxylic acids is 1. The first-order valence-electron chi connectivity index (χ1n) is 6.50. The summed E-state index contributed by atoms with van der Waals surface area (Å²) in [6.45, 7) is 0. The summed E-state index contributed by atoms with van der Waals surface area (Å²) < 4.78 is 0.862. The van der Waals surface area contributed by atoms with Gasteiger partial charge in [-0.1, -0.05) is 11.3 Å². The second-order valence-corrected chi connectivity index (χ2v) is 6.23. The average molecular weight is 275 g/mol. The summed E-state index contributed by atoms with van der Waals surface area (Å²) in [6, 6.07) is 2.96. The lowest BCUT2D eigenvalue weighted by atomic mass is 10.3. The molecule has 2 aliphatic carbocycles. The maximum atomic E-state index is 11.0. The monoisotopic (exact) mass is 275 g/mol. The van der Waals surface area contributed by atoms with E-state index in [9.17, 15) is 4.79 Å². The summed E-state index contributed by atoms with van der Waals surface area (Å²) in [5.41, 5.74) is 0.892. The van der Waals surface area contributed by atoms with Crippen molar-refractivity contribution in [1.29, 1.82) is 0 Å². The van der Waals surface area contributed by atoms with E-state index in [0.717, 1.165) is 9.83 Å². The molecule has 98 valence electrons. The van der Waals surface area contributed by atoms with Crippen LogP contribution in [0.4, 0.5) is 5.13 Å². The molecule has 0 aliphatic heterocycles. The molecule has 0 saturated heterocycles. The minimum Gasteiger partial charge on any atom is -0.478 e. The molecule has 2 aromatic rings. The maximum absolute atomic E-state index is 11.0. The van der Waals surface area contributed by atoms with E-state index in [2.05, 4.69) is 14.9 Å². The Morgan fingerprint density at radius 2 is 2.00 bits per heavy atom. The van der Waals surface area contributed by atoms with Crippen LogP contribution >= 0.6 is 11.3 Å². The fourth-order valence-corrected chi connectivity index (χ4v) is 3.46. The Bertz CT molecular complexity index is 649. The highest BCUT2D eigenvalue weighted by molar-refractivity contribution is 7.22. The first-order chi connectivity index (χ1) is 9.22. The zero-order chi connectivity index (χ0) is 13.0. The van der Waals surface area contributed by atoms with Crippen molar-refractivity contribution in [2.24, 2.45) is 0 Å². The van der Waals surface area contributed by atoms with Gasteiger partial charge in [0.25, 0.3) is 0 Å². The van der Waals surface area contributed by atoms with Crippen molar-refractivity contribution in [2.45, 2.75) is 37.8 Å². The molecule has 0 atom stereocenters. The van der Waals surface area contributed by atoms with Crippen molar-refractivity contribution in [3.05, 3.63) is 17.8 Å². The quantitative estimate of drug-likeness (QED) is 0.928. The minimum atomic E-state index is -0.939. The lowest BCUT2D eigenvalue weighted by Crippen LogP contribution is -2.27. The normalized spacial score (nSPS) is 18.7. The van der Waals surface area contributed by atoms with Crippen molar-refractivity contribution >= 4 is 32.8 Å². The van der Waals surface area contributed by atoms with E-state index < -0.39 is 5.97 Å². The van der Waals surface area contributed by atoms with Crippen molar-refractivity contribution in [3.63, 3.8) is 0 Å². The van der Waals surface area contributed by atoms with Gasteiger partial charge in [-0.2, -0.15) is 4.98 Å². The van der Waals surface area contributed by atoms with E-state index in [-0.39, 0.29) is 5.56 Å². The second kappa shape index (κ2) is 3.90. The minimum absolute atomic E-state index is 0.229. The van der Waals surface area contributed by atoms with Gasteiger partial charge in [0.05, 0.1) is 10.3 Å². The molecular weight excluding hydrogens is 262 g/mol. The predicted molar refractivity (Wildman–Crippen MR) is 72.9 cm³/mol. The number of fused-ring (bicyclic) bond motifs is 1. The summed E-state index contributed by atoms with van der Waals surface area (Å²) in [5, 5.41) is 10.00. The highest BCUT2D eigenvalue weighted by Gasteiger charge is 2.40. The molecule has 0 bridgehead atoms. The largest absolute Gasteiger partial charge is 0.478 e. The number of nitrogens with zero attached hydrogens (tertiary/aromatic N) is 3. The molecule has 2 fully saturated rings. The van der Waals surface area contributed by atoms with Crippen LogP contribution in [0.2, 0.25) is 0 Å².